The molecular weight excluding hydrogens is 315 g/mol. The van der Waals surface area contributed by atoms with E-state index in [-0.39, 0.29) is 21.6 Å². The Bertz CT molecular complexity index is 553. The van der Waals surface area contributed by atoms with Gasteiger partial charge >= 0.3 is 12.0 Å². The third kappa shape index (κ3) is 4.41. The molecule has 1 aromatic rings. The lowest BCUT2D eigenvalue weighted by molar-refractivity contribution is 0.0531. The van der Waals surface area contributed by atoms with Crippen LogP contribution < -0.4 is 0 Å². The first-order valence-electron chi connectivity index (χ1n) is 5.59. The molecule has 0 aliphatic heterocycles. The van der Waals surface area contributed by atoms with E-state index in [2.05, 4.69) is 4.98 Å². The maximum atomic E-state index is 12.6. The number of aryl methyl sites for hydroxylation is 1. The standard InChI is InChI=1S/C11H12F3NO3S2/c1-3-18-10(16)8-6(2)15-11(19-8)20(17)5-4-7(12)9(13)14/h3-5H2,1-2H3. The average molecular weight is 327 g/mol. The molecule has 0 radical (unpaired) electrons. The lowest BCUT2D eigenvalue weighted by Gasteiger charge is -1.97. The Morgan fingerprint density at radius 1 is 1.40 bits per heavy atom. The Labute approximate surface area is 120 Å². The molecule has 112 valence electrons. The molecule has 4 nitrogen and oxygen atoms in total. The summed E-state index contributed by atoms with van der Waals surface area (Å²) in [7, 11) is -1.74. The van der Waals surface area contributed by atoms with Crippen LogP contribution in [0.2, 0.25) is 0 Å². The Hall–Kier alpha value is -1.22. The van der Waals surface area contributed by atoms with E-state index in [1.165, 1.54) is 0 Å². The summed E-state index contributed by atoms with van der Waals surface area (Å²) in [5.74, 6) is -2.48. The third-order valence-corrected chi connectivity index (χ3v) is 4.94. The van der Waals surface area contributed by atoms with Crippen LogP contribution in [0.5, 0.6) is 0 Å². The minimum atomic E-state index is -2.41. The number of carbonyl (C=O) groups excluding carboxylic acids is 1. The normalized spacial score (nSPS) is 12.1. The monoisotopic (exact) mass is 327 g/mol. The molecular formula is C11H12F3NO3S2. The van der Waals surface area contributed by atoms with Gasteiger partial charge in [-0.05, 0) is 13.8 Å². The van der Waals surface area contributed by atoms with Crippen molar-refractivity contribution in [3.8, 4) is 0 Å². The molecule has 0 aliphatic carbocycles. The van der Waals surface area contributed by atoms with E-state index in [1.807, 2.05) is 0 Å². The fraction of sp³-hybridized carbons (Fsp3) is 0.455. The van der Waals surface area contributed by atoms with Crippen LogP contribution in [0.1, 0.15) is 28.7 Å². The quantitative estimate of drug-likeness (QED) is 0.753. The molecule has 1 aromatic heterocycles. The van der Waals surface area contributed by atoms with Crippen molar-refractivity contribution in [3.05, 3.63) is 22.5 Å². The van der Waals surface area contributed by atoms with Gasteiger partial charge < -0.3 is 4.74 Å². The van der Waals surface area contributed by atoms with Gasteiger partial charge in [-0.25, -0.2) is 14.2 Å². The van der Waals surface area contributed by atoms with Crippen LogP contribution in [0.3, 0.4) is 0 Å². The maximum Gasteiger partial charge on any atom is 0.350 e. The van der Waals surface area contributed by atoms with E-state index in [9.17, 15) is 22.2 Å². The number of hydrogen-bond donors (Lipinski definition) is 0. The first-order valence-corrected chi connectivity index (χ1v) is 7.72. The van der Waals surface area contributed by atoms with Crippen molar-refractivity contribution in [1.29, 1.82) is 0 Å². The number of aromatic nitrogens is 1. The SMILES string of the molecule is CCOC(=O)c1sc(S(=O)CCC(F)=C(F)F)nc1C. The van der Waals surface area contributed by atoms with Gasteiger partial charge in [0.2, 0.25) is 0 Å². The van der Waals surface area contributed by atoms with Gasteiger partial charge in [-0.15, -0.1) is 0 Å². The van der Waals surface area contributed by atoms with Gasteiger partial charge in [0.25, 0.3) is 0 Å². The Kier molecular flexibility index (Phi) is 6.34. The van der Waals surface area contributed by atoms with E-state index < -0.39 is 35.1 Å². The van der Waals surface area contributed by atoms with Gasteiger partial charge in [0, 0.05) is 12.2 Å². The van der Waals surface area contributed by atoms with Crippen LogP contribution in [0, 0.1) is 6.92 Å². The molecule has 0 spiro atoms. The zero-order valence-electron chi connectivity index (χ0n) is 10.7. The number of hydrogen-bond acceptors (Lipinski definition) is 5. The topological polar surface area (TPSA) is 56.3 Å². The molecule has 0 aromatic carbocycles. The molecule has 0 N–H and O–H groups in total. The summed E-state index contributed by atoms with van der Waals surface area (Å²) in [6.45, 7) is 3.39. The zero-order valence-corrected chi connectivity index (χ0v) is 12.4. The number of allylic oxidation sites excluding steroid dienone is 1. The summed E-state index contributed by atoms with van der Waals surface area (Å²) in [6.07, 6.45) is -3.05. The number of ether oxygens (including phenoxy) is 1. The lowest BCUT2D eigenvalue weighted by atomic mass is 10.4. The summed E-state index contributed by atoms with van der Waals surface area (Å²) in [5, 5.41) is 0. The van der Waals surface area contributed by atoms with Crippen molar-refractivity contribution >= 4 is 28.1 Å². The van der Waals surface area contributed by atoms with Gasteiger partial charge in [-0.3, -0.25) is 4.21 Å². The van der Waals surface area contributed by atoms with E-state index in [0.29, 0.717) is 5.69 Å². The van der Waals surface area contributed by atoms with Crippen LogP contribution in [-0.4, -0.2) is 27.5 Å². The Morgan fingerprint density at radius 2 is 2.05 bits per heavy atom. The fourth-order valence-corrected chi connectivity index (χ4v) is 3.56. The zero-order chi connectivity index (χ0) is 15.3. The fourth-order valence-electron chi connectivity index (χ4n) is 1.22. The van der Waals surface area contributed by atoms with Crippen molar-refractivity contribution in [2.75, 3.05) is 12.4 Å². The first-order chi connectivity index (χ1) is 9.36. The molecule has 1 heterocycles. The van der Waals surface area contributed by atoms with Crippen molar-refractivity contribution in [2.45, 2.75) is 24.6 Å². The summed E-state index contributed by atoms with van der Waals surface area (Å²) in [4.78, 5) is 15.7. The maximum absolute atomic E-state index is 12.6. The van der Waals surface area contributed by atoms with Gasteiger partial charge in [0.15, 0.2) is 10.2 Å². The number of halogens is 3. The third-order valence-electron chi connectivity index (χ3n) is 2.14. The molecule has 0 aliphatic rings. The van der Waals surface area contributed by atoms with Crippen LogP contribution in [0.4, 0.5) is 13.2 Å². The molecule has 0 fully saturated rings. The molecule has 20 heavy (non-hydrogen) atoms. The van der Waals surface area contributed by atoms with Crippen molar-refractivity contribution in [1.82, 2.24) is 4.98 Å². The van der Waals surface area contributed by atoms with E-state index >= 15 is 0 Å². The van der Waals surface area contributed by atoms with Crippen LogP contribution >= 0.6 is 11.3 Å². The molecule has 1 atom stereocenters. The second-order valence-electron chi connectivity index (χ2n) is 3.58. The molecule has 0 amide bonds. The summed E-state index contributed by atoms with van der Waals surface area (Å²) in [6, 6.07) is 0. The number of nitrogens with zero attached hydrogens (tertiary/aromatic N) is 1. The van der Waals surface area contributed by atoms with E-state index in [4.69, 9.17) is 4.74 Å². The predicted octanol–water partition coefficient (Wildman–Crippen LogP) is 3.20. The van der Waals surface area contributed by atoms with Crippen LogP contribution in [0.15, 0.2) is 16.2 Å². The highest BCUT2D eigenvalue weighted by Crippen LogP contribution is 2.23. The second-order valence-corrected chi connectivity index (χ2v) is 6.32. The van der Waals surface area contributed by atoms with E-state index in [0.717, 1.165) is 11.3 Å². The number of esters is 1. The Morgan fingerprint density at radius 3 is 2.60 bits per heavy atom. The second kappa shape index (κ2) is 7.53. The van der Waals surface area contributed by atoms with Gasteiger partial charge in [0.1, 0.15) is 4.88 Å². The predicted molar refractivity (Wildman–Crippen MR) is 69.0 cm³/mol. The van der Waals surface area contributed by atoms with Crippen LogP contribution in [-0.2, 0) is 15.5 Å². The minimum Gasteiger partial charge on any atom is -0.462 e. The lowest BCUT2D eigenvalue weighted by Crippen LogP contribution is -2.03. The molecule has 9 heteroatoms. The van der Waals surface area contributed by atoms with Crippen molar-refractivity contribution in [3.63, 3.8) is 0 Å². The highest BCUT2D eigenvalue weighted by molar-refractivity contribution is 7.87. The molecule has 0 saturated carbocycles. The highest BCUT2D eigenvalue weighted by Gasteiger charge is 2.20. The molecule has 0 saturated heterocycles. The van der Waals surface area contributed by atoms with Gasteiger partial charge in [-0.2, -0.15) is 8.78 Å². The largest absolute Gasteiger partial charge is 0.462 e. The molecule has 1 unspecified atom stereocenters. The summed E-state index contributed by atoms with van der Waals surface area (Å²) < 4.78 is 53.0. The number of thiazole rings is 1. The van der Waals surface area contributed by atoms with Crippen molar-refractivity contribution < 1.29 is 26.9 Å². The average Bonchev–Trinajstić information content (AvgIpc) is 2.77. The Balaban J connectivity index is 2.78. The van der Waals surface area contributed by atoms with Crippen molar-refractivity contribution in [2.24, 2.45) is 0 Å². The summed E-state index contributed by atoms with van der Waals surface area (Å²) >= 11 is 0.864. The van der Waals surface area contributed by atoms with Gasteiger partial charge in [0.05, 0.1) is 23.1 Å². The smallest absolute Gasteiger partial charge is 0.350 e. The number of carbonyl (C=O) groups is 1. The van der Waals surface area contributed by atoms with Gasteiger partial charge in [-0.1, -0.05) is 11.3 Å². The molecule has 0 bridgehead atoms. The summed E-state index contributed by atoms with van der Waals surface area (Å²) in [5.41, 5.74) is 0.351. The highest BCUT2D eigenvalue weighted by atomic mass is 32.2. The first kappa shape index (κ1) is 16.8. The molecule has 1 rings (SSSR count). The minimum absolute atomic E-state index is 0.0950. The van der Waals surface area contributed by atoms with E-state index in [1.54, 1.807) is 13.8 Å². The van der Waals surface area contributed by atoms with Crippen LogP contribution in [0.25, 0.3) is 0 Å². The number of rotatable bonds is 6.